The molecule has 0 aromatic carbocycles. The van der Waals surface area contributed by atoms with Crippen LogP contribution >= 0.6 is 22.9 Å². The second-order valence-electron chi connectivity index (χ2n) is 3.61. The molecule has 0 radical (unpaired) electrons. The Morgan fingerprint density at radius 2 is 2.25 bits per heavy atom. The van der Waals surface area contributed by atoms with Gasteiger partial charge >= 0.3 is 0 Å². The number of nitrogens with one attached hydrogen (secondary N) is 1. The molecule has 1 aromatic heterocycles. The van der Waals surface area contributed by atoms with Gasteiger partial charge in [-0.3, -0.25) is 0 Å². The topological polar surface area (TPSA) is 21.3 Å². The third-order valence-corrected chi connectivity index (χ3v) is 3.75. The van der Waals surface area contributed by atoms with Crippen molar-refractivity contribution in [1.82, 2.24) is 5.32 Å². The molecule has 0 spiro atoms. The Morgan fingerprint density at radius 1 is 1.44 bits per heavy atom. The molecule has 0 saturated heterocycles. The number of halogens is 1. The van der Waals surface area contributed by atoms with Gasteiger partial charge in [-0.25, -0.2) is 0 Å². The Bertz CT molecular complexity index is 290. The van der Waals surface area contributed by atoms with Crippen molar-refractivity contribution in [1.29, 1.82) is 0 Å². The Labute approximate surface area is 107 Å². The molecule has 0 fully saturated rings. The first-order valence-electron chi connectivity index (χ1n) is 5.84. The summed E-state index contributed by atoms with van der Waals surface area (Å²) in [6.45, 7) is 6.85. The summed E-state index contributed by atoms with van der Waals surface area (Å²) in [5.41, 5.74) is 0. The van der Waals surface area contributed by atoms with Crippen LogP contribution in [0.3, 0.4) is 0 Å². The van der Waals surface area contributed by atoms with Crippen LogP contribution in [-0.4, -0.2) is 19.8 Å². The zero-order valence-electron chi connectivity index (χ0n) is 9.96. The van der Waals surface area contributed by atoms with Crippen LogP contribution in [0.4, 0.5) is 0 Å². The number of ether oxygens (including phenoxy) is 1. The van der Waals surface area contributed by atoms with E-state index >= 15 is 0 Å². The van der Waals surface area contributed by atoms with Gasteiger partial charge in [-0.1, -0.05) is 18.5 Å². The lowest BCUT2D eigenvalue weighted by atomic mass is 10.2. The molecular weight excluding hydrogens is 242 g/mol. The van der Waals surface area contributed by atoms with Crippen LogP contribution < -0.4 is 5.32 Å². The summed E-state index contributed by atoms with van der Waals surface area (Å²) in [4.78, 5) is 1.32. The smallest absolute Gasteiger partial charge is 0.0931 e. The maximum atomic E-state index is 5.93. The van der Waals surface area contributed by atoms with Crippen LogP contribution in [0.2, 0.25) is 4.34 Å². The van der Waals surface area contributed by atoms with Crippen molar-refractivity contribution in [3.8, 4) is 0 Å². The molecule has 0 aliphatic rings. The molecule has 0 bridgehead atoms. The zero-order valence-corrected chi connectivity index (χ0v) is 11.5. The van der Waals surface area contributed by atoms with E-state index in [1.165, 1.54) is 4.88 Å². The molecule has 1 rings (SSSR count). The molecule has 1 aromatic rings. The zero-order chi connectivity index (χ0) is 11.8. The summed E-state index contributed by atoms with van der Waals surface area (Å²) < 4.78 is 6.17. The van der Waals surface area contributed by atoms with Gasteiger partial charge in [0.1, 0.15) is 0 Å². The normalized spacial score (nSPS) is 12.9. The molecule has 1 heterocycles. The molecule has 1 unspecified atom stereocenters. The number of rotatable bonds is 8. The Morgan fingerprint density at radius 3 is 2.81 bits per heavy atom. The van der Waals surface area contributed by atoms with Crippen molar-refractivity contribution < 1.29 is 4.74 Å². The van der Waals surface area contributed by atoms with Crippen molar-refractivity contribution >= 4 is 22.9 Å². The van der Waals surface area contributed by atoms with E-state index in [1.54, 1.807) is 11.3 Å². The summed E-state index contributed by atoms with van der Waals surface area (Å²) >= 11 is 7.60. The molecule has 92 valence electrons. The van der Waals surface area contributed by atoms with Crippen molar-refractivity contribution in [2.45, 2.75) is 32.7 Å². The first-order valence-corrected chi connectivity index (χ1v) is 7.03. The van der Waals surface area contributed by atoms with E-state index in [0.717, 1.165) is 36.9 Å². The molecule has 4 heteroatoms. The minimum absolute atomic E-state index is 0.430. The van der Waals surface area contributed by atoms with E-state index in [2.05, 4.69) is 18.3 Å². The van der Waals surface area contributed by atoms with E-state index < -0.39 is 0 Å². The van der Waals surface area contributed by atoms with Gasteiger partial charge in [0.25, 0.3) is 0 Å². The number of hydrogen-bond acceptors (Lipinski definition) is 3. The van der Waals surface area contributed by atoms with Gasteiger partial charge in [-0.05, 0) is 38.4 Å². The van der Waals surface area contributed by atoms with Crippen molar-refractivity contribution in [3.63, 3.8) is 0 Å². The van der Waals surface area contributed by atoms with Gasteiger partial charge < -0.3 is 10.1 Å². The van der Waals surface area contributed by atoms with Gasteiger partial charge in [0, 0.05) is 24.1 Å². The van der Waals surface area contributed by atoms with Crippen LogP contribution in [0.15, 0.2) is 12.1 Å². The minimum atomic E-state index is 0.430. The van der Waals surface area contributed by atoms with Crippen molar-refractivity contribution in [3.05, 3.63) is 21.3 Å². The second-order valence-corrected chi connectivity index (χ2v) is 5.35. The summed E-state index contributed by atoms with van der Waals surface area (Å²) in [5, 5.41) is 3.53. The largest absolute Gasteiger partial charge is 0.382 e. The molecule has 0 amide bonds. The first-order chi connectivity index (χ1) is 7.77. The lowest BCUT2D eigenvalue weighted by molar-refractivity contribution is 0.144. The Balaban J connectivity index is 2.27. The van der Waals surface area contributed by atoms with Crippen LogP contribution in [0.25, 0.3) is 0 Å². The standard InChI is InChI=1S/C12H20ClNOS/c1-3-10(11-6-7-12(13)16-11)14-8-5-9-15-4-2/h6-7,10,14H,3-5,8-9H2,1-2H3. The van der Waals surface area contributed by atoms with Crippen LogP contribution in [0.1, 0.15) is 37.6 Å². The maximum Gasteiger partial charge on any atom is 0.0931 e. The van der Waals surface area contributed by atoms with Crippen LogP contribution in [-0.2, 0) is 4.74 Å². The maximum absolute atomic E-state index is 5.93. The van der Waals surface area contributed by atoms with E-state index in [0.29, 0.717) is 6.04 Å². The fourth-order valence-corrected chi connectivity index (χ4v) is 2.78. The fourth-order valence-electron chi connectivity index (χ4n) is 1.56. The average molecular weight is 262 g/mol. The molecule has 2 nitrogen and oxygen atoms in total. The third-order valence-electron chi connectivity index (χ3n) is 2.41. The van der Waals surface area contributed by atoms with E-state index in [9.17, 15) is 0 Å². The van der Waals surface area contributed by atoms with Crippen LogP contribution in [0.5, 0.6) is 0 Å². The van der Waals surface area contributed by atoms with Gasteiger partial charge in [-0.2, -0.15) is 0 Å². The number of thiophene rings is 1. The molecule has 0 aliphatic heterocycles. The highest BCUT2D eigenvalue weighted by atomic mass is 35.5. The summed E-state index contributed by atoms with van der Waals surface area (Å²) in [6.07, 6.45) is 2.15. The second kappa shape index (κ2) is 8.07. The van der Waals surface area contributed by atoms with Gasteiger partial charge in [-0.15, -0.1) is 11.3 Å². The molecule has 1 N–H and O–H groups in total. The lowest BCUT2D eigenvalue weighted by Gasteiger charge is -2.15. The fraction of sp³-hybridized carbons (Fsp3) is 0.667. The minimum Gasteiger partial charge on any atom is -0.382 e. The Hall–Kier alpha value is -0.0900. The molecule has 1 atom stereocenters. The molecular formula is C12H20ClNOS. The Kier molecular flexibility index (Phi) is 7.05. The van der Waals surface area contributed by atoms with Gasteiger partial charge in [0.2, 0.25) is 0 Å². The first kappa shape index (κ1) is 14.0. The van der Waals surface area contributed by atoms with E-state index in [4.69, 9.17) is 16.3 Å². The summed E-state index contributed by atoms with van der Waals surface area (Å²) in [6, 6.07) is 4.50. The highest BCUT2D eigenvalue weighted by molar-refractivity contribution is 7.16. The third kappa shape index (κ3) is 4.83. The average Bonchev–Trinajstić information content (AvgIpc) is 2.70. The lowest BCUT2D eigenvalue weighted by Crippen LogP contribution is -2.22. The van der Waals surface area contributed by atoms with Crippen LogP contribution in [0, 0.1) is 0 Å². The van der Waals surface area contributed by atoms with Gasteiger partial charge in [0.15, 0.2) is 0 Å². The monoisotopic (exact) mass is 261 g/mol. The van der Waals surface area contributed by atoms with E-state index in [1.807, 2.05) is 13.0 Å². The molecule has 16 heavy (non-hydrogen) atoms. The SMILES string of the molecule is CCOCCCNC(CC)c1ccc(Cl)s1. The summed E-state index contributed by atoms with van der Waals surface area (Å²) in [5.74, 6) is 0. The van der Waals surface area contributed by atoms with E-state index in [-0.39, 0.29) is 0 Å². The quantitative estimate of drug-likeness (QED) is 0.718. The molecule has 0 aliphatic carbocycles. The van der Waals surface area contributed by atoms with Crippen molar-refractivity contribution in [2.75, 3.05) is 19.8 Å². The highest BCUT2D eigenvalue weighted by Crippen LogP contribution is 2.28. The van der Waals surface area contributed by atoms with Gasteiger partial charge in [0.05, 0.1) is 4.34 Å². The predicted molar refractivity (Wildman–Crippen MR) is 71.5 cm³/mol. The summed E-state index contributed by atoms with van der Waals surface area (Å²) in [7, 11) is 0. The highest BCUT2D eigenvalue weighted by Gasteiger charge is 2.10. The predicted octanol–water partition coefficient (Wildman–Crippen LogP) is 3.87. The molecule has 0 saturated carbocycles. The van der Waals surface area contributed by atoms with Crippen molar-refractivity contribution in [2.24, 2.45) is 0 Å². The number of hydrogen-bond donors (Lipinski definition) is 1.